The van der Waals surface area contributed by atoms with Crippen LogP contribution in [0.3, 0.4) is 0 Å². The standard InChI is InChI=1S/C12H20N4O/c13-12-3-4-15-8-9(12)6-10(16-14)7-11-2-1-5-17-11/h3-4,8,10-11,16H,1-2,5-7,14H2,(H2,13,15). The molecular weight excluding hydrogens is 216 g/mol. The van der Waals surface area contributed by atoms with Crippen LogP contribution < -0.4 is 17.0 Å². The molecule has 0 aromatic carbocycles. The smallest absolute Gasteiger partial charge is 0.0591 e. The number of hydrogen-bond acceptors (Lipinski definition) is 5. The van der Waals surface area contributed by atoms with E-state index in [9.17, 15) is 0 Å². The summed E-state index contributed by atoms with van der Waals surface area (Å²) in [4.78, 5) is 4.08. The van der Waals surface area contributed by atoms with Gasteiger partial charge < -0.3 is 10.5 Å². The number of nitrogen functional groups attached to an aromatic ring is 1. The Bertz CT molecular complexity index is 352. The summed E-state index contributed by atoms with van der Waals surface area (Å²) in [5, 5.41) is 0. The number of nitrogens with zero attached hydrogens (tertiary/aromatic N) is 1. The fourth-order valence-electron chi connectivity index (χ4n) is 2.23. The molecule has 0 bridgehead atoms. The van der Waals surface area contributed by atoms with Crippen molar-refractivity contribution in [3.05, 3.63) is 24.0 Å². The summed E-state index contributed by atoms with van der Waals surface area (Å²) >= 11 is 0. The van der Waals surface area contributed by atoms with Gasteiger partial charge in [-0.05, 0) is 37.3 Å². The summed E-state index contributed by atoms with van der Waals surface area (Å²) in [6.07, 6.45) is 7.81. The van der Waals surface area contributed by atoms with E-state index in [1.165, 1.54) is 0 Å². The zero-order valence-electron chi connectivity index (χ0n) is 9.93. The van der Waals surface area contributed by atoms with Crippen LogP contribution in [0.15, 0.2) is 18.5 Å². The van der Waals surface area contributed by atoms with Crippen molar-refractivity contribution in [2.24, 2.45) is 5.84 Å². The second-order valence-corrected chi connectivity index (χ2v) is 4.51. The Kier molecular flexibility index (Phi) is 4.30. The SMILES string of the molecule is NNC(Cc1cnccc1N)CC1CCCO1. The van der Waals surface area contributed by atoms with E-state index in [1.54, 1.807) is 12.4 Å². The molecule has 5 N–H and O–H groups in total. The van der Waals surface area contributed by atoms with Crippen LogP contribution in [0.25, 0.3) is 0 Å². The molecule has 1 saturated heterocycles. The van der Waals surface area contributed by atoms with E-state index in [0.717, 1.165) is 43.5 Å². The number of hydrogen-bond donors (Lipinski definition) is 3. The third kappa shape index (κ3) is 3.39. The van der Waals surface area contributed by atoms with Crippen LogP contribution in [0, 0.1) is 0 Å². The second-order valence-electron chi connectivity index (χ2n) is 4.51. The predicted octanol–water partition coefficient (Wildman–Crippen LogP) is 0.607. The van der Waals surface area contributed by atoms with E-state index < -0.39 is 0 Å². The van der Waals surface area contributed by atoms with Gasteiger partial charge in [0.25, 0.3) is 0 Å². The maximum Gasteiger partial charge on any atom is 0.0591 e. The number of rotatable bonds is 5. The Balaban J connectivity index is 1.92. The Morgan fingerprint density at radius 1 is 1.59 bits per heavy atom. The number of pyridine rings is 1. The van der Waals surface area contributed by atoms with Crippen molar-refractivity contribution < 1.29 is 4.74 Å². The van der Waals surface area contributed by atoms with Crippen LogP contribution in [0.1, 0.15) is 24.8 Å². The second kappa shape index (κ2) is 5.95. The van der Waals surface area contributed by atoms with Gasteiger partial charge in [-0.1, -0.05) is 0 Å². The minimum absolute atomic E-state index is 0.185. The molecule has 2 atom stereocenters. The van der Waals surface area contributed by atoms with Gasteiger partial charge in [0, 0.05) is 30.7 Å². The van der Waals surface area contributed by atoms with E-state index in [2.05, 4.69) is 10.4 Å². The Morgan fingerprint density at radius 2 is 2.47 bits per heavy atom. The van der Waals surface area contributed by atoms with Gasteiger partial charge in [-0.3, -0.25) is 16.3 Å². The van der Waals surface area contributed by atoms with Gasteiger partial charge in [-0.25, -0.2) is 0 Å². The molecule has 94 valence electrons. The van der Waals surface area contributed by atoms with Gasteiger partial charge in [-0.2, -0.15) is 0 Å². The third-order valence-electron chi connectivity index (χ3n) is 3.21. The topological polar surface area (TPSA) is 86.2 Å². The number of ether oxygens (including phenoxy) is 1. The number of aromatic nitrogens is 1. The number of nitrogens with two attached hydrogens (primary N) is 2. The van der Waals surface area contributed by atoms with Crippen LogP contribution in [-0.4, -0.2) is 23.7 Å². The van der Waals surface area contributed by atoms with Crippen molar-refractivity contribution in [1.29, 1.82) is 0 Å². The first-order valence-electron chi connectivity index (χ1n) is 6.05. The minimum Gasteiger partial charge on any atom is -0.398 e. The molecule has 0 radical (unpaired) electrons. The van der Waals surface area contributed by atoms with Crippen molar-refractivity contribution >= 4 is 5.69 Å². The first-order chi connectivity index (χ1) is 8.29. The molecule has 5 nitrogen and oxygen atoms in total. The van der Waals surface area contributed by atoms with Gasteiger partial charge in [0.1, 0.15) is 0 Å². The lowest BCUT2D eigenvalue weighted by molar-refractivity contribution is 0.0946. The highest BCUT2D eigenvalue weighted by molar-refractivity contribution is 5.44. The van der Waals surface area contributed by atoms with Crippen molar-refractivity contribution in [3.8, 4) is 0 Å². The highest BCUT2D eigenvalue weighted by atomic mass is 16.5. The van der Waals surface area contributed by atoms with Crippen LogP contribution in [0.4, 0.5) is 5.69 Å². The summed E-state index contributed by atoms with van der Waals surface area (Å²) in [7, 11) is 0. The summed E-state index contributed by atoms with van der Waals surface area (Å²) in [6.45, 7) is 0.872. The molecule has 1 fully saturated rings. The number of nitrogens with one attached hydrogen (secondary N) is 1. The van der Waals surface area contributed by atoms with E-state index in [4.69, 9.17) is 16.3 Å². The highest BCUT2D eigenvalue weighted by Crippen LogP contribution is 2.19. The Hall–Kier alpha value is -1.17. The zero-order chi connectivity index (χ0) is 12.1. The molecule has 2 rings (SSSR count). The molecule has 1 aliphatic rings. The van der Waals surface area contributed by atoms with Crippen LogP contribution in [0.5, 0.6) is 0 Å². The lowest BCUT2D eigenvalue weighted by Crippen LogP contribution is -2.39. The fraction of sp³-hybridized carbons (Fsp3) is 0.583. The maximum absolute atomic E-state index is 5.89. The molecule has 0 aliphatic carbocycles. The molecule has 0 saturated carbocycles. The van der Waals surface area contributed by atoms with Crippen molar-refractivity contribution in [2.75, 3.05) is 12.3 Å². The Labute approximate surface area is 102 Å². The molecule has 1 aliphatic heterocycles. The lowest BCUT2D eigenvalue weighted by Gasteiger charge is -2.20. The minimum atomic E-state index is 0.185. The average molecular weight is 236 g/mol. The molecule has 17 heavy (non-hydrogen) atoms. The van der Waals surface area contributed by atoms with Gasteiger partial charge in [0.2, 0.25) is 0 Å². The quantitative estimate of drug-likeness (QED) is 0.515. The van der Waals surface area contributed by atoms with E-state index in [-0.39, 0.29) is 6.04 Å². The summed E-state index contributed by atoms with van der Waals surface area (Å²) < 4.78 is 5.61. The molecule has 2 heterocycles. The first kappa shape index (κ1) is 12.3. The van der Waals surface area contributed by atoms with Gasteiger partial charge in [-0.15, -0.1) is 0 Å². The van der Waals surface area contributed by atoms with Crippen LogP contribution >= 0.6 is 0 Å². The lowest BCUT2D eigenvalue weighted by atomic mass is 10.00. The van der Waals surface area contributed by atoms with E-state index >= 15 is 0 Å². The molecule has 1 aromatic rings. The number of hydrazine groups is 1. The normalized spacial score (nSPS) is 21.6. The van der Waals surface area contributed by atoms with Crippen LogP contribution in [-0.2, 0) is 11.2 Å². The maximum atomic E-state index is 5.89. The summed E-state index contributed by atoms with van der Waals surface area (Å²) in [5.74, 6) is 5.58. The fourth-order valence-corrected chi connectivity index (χ4v) is 2.23. The van der Waals surface area contributed by atoms with E-state index in [0.29, 0.717) is 6.10 Å². The van der Waals surface area contributed by atoms with Crippen molar-refractivity contribution in [3.63, 3.8) is 0 Å². The van der Waals surface area contributed by atoms with Crippen molar-refractivity contribution in [1.82, 2.24) is 10.4 Å². The first-order valence-corrected chi connectivity index (χ1v) is 6.05. The monoisotopic (exact) mass is 236 g/mol. The van der Waals surface area contributed by atoms with Crippen molar-refractivity contribution in [2.45, 2.75) is 37.8 Å². The largest absolute Gasteiger partial charge is 0.398 e. The molecule has 1 aromatic heterocycles. The Morgan fingerprint density at radius 3 is 3.12 bits per heavy atom. The summed E-state index contributed by atoms with van der Waals surface area (Å²) in [5.41, 5.74) is 10.5. The van der Waals surface area contributed by atoms with Crippen LogP contribution in [0.2, 0.25) is 0 Å². The third-order valence-corrected chi connectivity index (χ3v) is 3.21. The van der Waals surface area contributed by atoms with Gasteiger partial charge >= 0.3 is 0 Å². The zero-order valence-corrected chi connectivity index (χ0v) is 9.93. The highest BCUT2D eigenvalue weighted by Gasteiger charge is 2.20. The van der Waals surface area contributed by atoms with E-state index in [1.807, 2.05) is 6.07 Å². The molecule has 5 heteroatoms. The average Bonchev–Trinajstić information content (AvgIpc) is 2.84. The molecule has 0 spiro atoms. The number of anilines is 1. The predicted molar refractivity (Wildman–Crippen MR) is 67.1 cm³/mol. The van der Waals surface area contributed by atoms with Gasteiger partial charge in [0.15, 0.2) is 0 Å². The summed E-state index contributed by atoms with van der Waals surface area (Å²) in [6, 6.07) is 2.00. The molecule has 2 unspecified atom stereocenters. The molecular formula is C12H20N4O. The molecule has 0 amide bonds. The van der Waals surface area contributed by atoms with Gasteiger partial charge in [0.05, 0.1) is 6.10 Å².